The molecular formula is C14H17F3O2. The van der Waals surface area contributed by atoms with Crippen LogP contribution in [0.4, 0.5) is 13.2 Å². The fourth-order valence-corrected chi connectivity index (χ4v) is 1.77. The minimum absolute atomic E-state index is 0.279. The van der Waals surface area contributed by atoms with Gasteiger partial charge in [-0.25, -0.2) is 0 Å². The molecule has 0 spiro atoms. The van der Waals surface area contributed by atoms with E-state index < -0.39 is 12.0 Å². The second-order valence-electron chi connectivity index (χ2n) is 4.96. The first-order valence-corrected chi connectivity index (χ1v) is 5.98. The van der Waals surface area contributed by atoms with E-state index in [9.17, 15) is 18.0 Å². The SMILES string of the molecule is Cc1cc(OCC(C)C)cc(C)c1C(=O)C(F)(F)F. The van der Waals surface area contributed by atoms with Gasteiger partial charge in [-0.15, -0.1) is 0 Å². The van der Waals surface area contributed by atoms with Gasteiger partial charge in [-0.3, -0.25) is 4.79 Å². The van der Waals surface area contributed by atoms with Crippen molar-refractivity contribution in [1.82, 2.24) is 0 Å². The predicted molar refractivity (Wildman–Crippen MR) is 66.6 cm³/mol. The lowest BCUT2D eigenvalue weighted by molar-refractivity contribution is -0.0886. The molecule has 1 rings (SSSR count). The fourth-order valence-electron chi connectivity index (χ4n) is 1.77. The number of hydrogen-bond donors (Lipinski definition) is 0. The fraction of sp³-hybridized carbons (Fsp3) is 0.500. The molecular weight excluding hydrogens is 257 g/mol. The number of hydrogen-bond acceptors (Lipinski definition) is 2. The molecule has 1 aromatic rings. The molecule has 0 saturated heterocycles. The molecule has 0 aliphatic rings. The summed E-state index contributed by atoms with van der Waals surface area (Å²) in [5.41, 5.74) is 0.270. The summed E-state index contributed by atoms with van der Waals surface area (Å²) in [5.74, 6) is -1.00. The molecule has 0 N–H and O–H groups in total. The van der Waals surface area contributed by atoms with E-state index in [-0.39, 0.29) is 16.7 Å². The third-order valence-corrected chi connectivity index (χ3v) is 2.57. The van der Waals surface area contributed by atoms with E-state index in [0.29, 0.717) is 18.3 Å². The van der Waals surface area contributed by atoms with E-state index >= 15 is 0 Å². The molecule has 0 amide bonds. The Morgan fingerprint density at radius 1 is 1.21 bits per heavy atom. The van der Waals surface area contributed by atoms with Crippen LogP contribution in [0.15, 0.2) is 12.1 Å². The van der Waals surface area contributed by atoms with E-state index in [1.807, 2.05) is 13.8 Å². The lowest BCUT2D eigenvalue weighted by Crippen LogP contribution is -2.24. The van der Waals surface area contributed by atoms with Gasteiger partial charge in [0, 0.05) is 5.56 Å². The second-order valence-corrected chi connectivity index (χ2v) is 4.96. The summed E-state index contributed by atoms with van der Waals surface area (Å²) in [4.78, 5) is 11.3. The predicted octanol–water partition coefficient (Wildman–Crippen LogP) is 4.08. The lowest BCUT2D eigenvalue weighted by Gasteiger charge is -2.15. The average Bonchev–Trinajstić information content (AvgIpc) is 2.24. The van der Waals surface area contributed by atoms with Gasteiger partial charge in [0.25, 0.3) is 5.78 Å². The Kier molecular flexibility index (Phi) is 4.61. The van der Waals surface area contributed by atoms with Gasteiger partial charge in [-0.2, -0.15) is 13.2 Å². The first-order chi connectivity index (χ1) is 8.62. The highest BCUT2D eigenvalue weighted by atomic mass is 19.4. The van der Waals surface area contributed by atoms with Crippen molar-refractivity contribution in [2.24, 2.45) is 5.92 Å². The Labute approximate surface area is 110 Å². The van der Waals surface area contributed by atoms with Crippen LogP contribution < -0.4 is 4.74 Å². The zero-order valence-corrected chi connectivity index (χ0v) is 11.4. The Bertz CT molecular complexity index is 453. The summed E-state index contributed by atoms with van der Waals surface area (Å²) >= 11 is 0. The minimum Gasteiger partial charge on any atom is -0.493 e. The number of Topliss-reactive ketones (excluding diaryl/α,β-unsaturated/α-hetero) is 1. The molecule has 1 aromatic carbocycles. The maximum atomic E-state index is 12.5. The maximum Gasteiger partial charge on any atom is 0.454 e. The van der Waals surface area contributed by atoms with Crippen molar-refractivity contribution in [3.63, 3.8) is 0 Å². The van der Waals surface area contributed by atoms with Gasteiger partial charge in [-0.1, -0.05) is 13.8 Å². The maximum absolute atomic E-state index is 12.5. The monoisotopic (exact) mass is 274 g/mol. The normalized spacial score (nSPS) is 11.8. The van der Waals surface area contributed by atoms with Crippen molar-refractivity contribution >= 4 is 5.78 Å². The number of halogens is 3. The van der Waals surface area contributed by atoms with Gasteiger partial charge < -0.3 is 4.74 Å². The smallest absolute Gasteiger partial charge is 0.454 e. The molecule has 0 fully saturated rings. The Balaban J connectivity index is 3.08. The van der Waals surface area contributed by atoms with E-state index in [1.165, 1.54) is 26.0 Å². The number of rotatable bonds is 4. The molecule has 0 unspecified atom stereocenters. The first-order valence-electron chi connectivity index (χ1n) is 5.98. The summed E-state index contributed by atoms with van der Waals surface area (Å²) in [6.07, 6.45) is -4.85. The van der Waals surface area contributed by atoms with Crippen LogP contribution in [0.25, 0.3) is 0 Å². The quantitative estimate of drug-likeness (QED) is 0.773. The molecule has 106 valence electrons. The van der Waals surface area contributed by atoms with E-state index in [4.69, 9.17) is 4.74 Å². The van der Waals surface area contributed by atoms with Crippen molar-refractivity contribution in [2.45, 2.75) is 33.9 Å². The summed E-state index contributed by atoms with van der Waals surface area (Å²) in [7, 11) is 0. The van der Waals surface area contributed by atoms with Crippen LogP contribution in [0.5, 0.6) is 5.75 Å². The number of carbonyl (C=O) groups is 1. The van der Waals surface area contributed by atoms with Gasteiger partial charge in [0.05, 0.1) is 6.61 Å². The zero-order valence-electron chi connectivity index (χ0n) is 11.4. The minimum atomic E-state index is -4.85. The Morgan fingerprint density at radius 3 is 2.05 bits per heavy atom. The van der Waals surface area contributed by atoms with Crippen molar-refractivity contribution in [2.75, 3.05) is 6.61 Å². The van der Waals surface area contributed by atoms with Gasteiger partial charge in [0.1, 0.15) is 5.75 Å². The van der Waals surface area contributed by atoms with Crippen molar-refractivity contribution in [1.29, 1.82) is 0 Å². The highest BCUT2D eigenvalue weighted by Crippen LogP contribution is 2.28. The number of ketones is 1. The number of aryl methyl sites for hydroxylation is 2. The van der Waals surface area contributed by atoms with Crippen LogP contribution in [0.3, 0.4) is 0 Å². The molecule has 0 atom stereocenters. The van der Waals surface area contributed by atoms with E-state index in [2.05, 4.69) is 0 Å². The lowest BCUT2D eigenvalue weighted by atomic mass is 9.98. The molecule has 0 bridgehead atoms. The van der Waals surface area contributed by atoms with Gasteiger partial charge in [-0.05, 0) is 43.0 Å². The third kappa shape index (κ3) is 3.98. The molecule has 0 heterocycles. The summed E-state index contributed by atoms with van der Waals surface area (Å²) in [5, 5.41) is 0. The van der Waals surface area contributed by atoms with Crippen LogP contribution in [0.1, 0.15) is 35.3 Å². The molecule has 0 aliphatic carbocycles. The second kappa shape index (κ2) is 5.63. The number of benzene rings is 1. The van der Waals surface area contributed by atoms with Crippen molar-refractivity contribution in [3.05, 3.63) is 28.8 Å². The Morgan fingerprint density at radius 2 is 1.68 bits per heavy atom. The molecule has 2 nitrogen and oxygen atoms in total. The summed E-state index contributed by atoms with van der Waals surface area (Å²) in [6.45, 7) is 7.39. The van der Waals surface area contributed by atoms with E-state index in [1.54, 1.807) is 0 Å². The standard InChI is InChI=1S/C14H17F3O2/c1-8(2)7-19-11-5-9(3)12(10(4)6-11)13(18)14(15,16)17/h5-6,8H,7H2,1-4H3. The third-order valence-electron chi connectivity index (χ3n) is 2.57. The van der Waals surface area contributed by atoms with Crippen LogP contribution in [-0.2, 0) is 0 Å². The van der Waals surface area contributed by atoms with Crippen LogP contribution >= 0.6 is 0 Å². The van der Waals surface area contributed by atoms with E-state index in [0.717, 1.165) is 0 Å². The number of carbonyl (C=O) groups excluding carboxylic acids is 1. The van der Waals surface area contributed by atoms with Gasteiger partial charge in [0.15, 0.2) is 0 Å². The zero-order chi connectivity index (χ0) is 14.8. The number of alkyl halides is 3. The van der Waals surface area contributed by atoms with Crippen LogP contribution in [0, 0.1) is 19.8 Å². The molecule has 0 radical (unpaired) electrons. The Hall–Kier alpha value is -1.52. The van der Waals surface area contributed by atoms with Gasteiger partial charge in [0.2, 0.25) is 0 Å². The molecule has 0 aromatic heterocycles. The summed E-state index contributed by atoms with van der Waals surface area (Å²) < 4.78 is 42.9. The van der Waals surface area contributed by atoms with Crippen LogP contribution in [-0.4, -0.2) is 18.6 Å². The highest BCUT2D eigenvalue weighted by Gasteiger charge is 2.40. The molecule has 0 aliphatic heterocycles. The topological polar surface area (TPSA) is 26.3 Å². The van der Waals surface area contributed by atoms with Crippen molar-refractivity contribution in [3.8, 4) is 5.75 Å². The molecule has 5 heteroatoms. The highest BCUT2D eigenvalue weighted by molar-refractivity contribution is 6.02. The average molecular weight is 274 g/mol. The van der Waals surface area contributed by atoms with Crippen LogP contribution in [0.2, 0.25) is 0 Å². The summed E-state index contributed by atoms with van der Waals surface area (Å²) in [6, 6.07) is 2.93. The van der Waals surface area contributed by atoms with Gasteiger partial charge >= 0.3 is 6.18 Å². The number of ether oxygens (including phenoxy) is 1. The largest absolute Gasteiger partial charge is 0.493 e. The molecule has 0 saturated carbocycles. The first kappa shape index (κ1) is 15.5. The molecule has 19 heavy (non-hydrogen) atoms. The van der Waals surface area contributed by atoms with Crippen molar-refractivity contribution < 1.29 is 22.7 Å².